The zero-order chi connectivity index (χ0) is 18.2. The Morgan fingerprint density at radius 2 is 1.04 bits per heavy atom. The van der Waals surface area contributed by atoms with Gasteiger partial charge in [0.15, 0.2) is 0 Å². The van der Waals surface area contributed by atoms with Gasteiger partial charge in [0.05, 0.1) is 11.0 Å². The van der Waals surface area contributed by atoms with Gasteiger partial charge in [-0.1, -0.05) is 48.0 Å². The Morgan fingerprint density at radius 3 is 1.56 bits per heavy atom. The zero-order valence-corrected chi connectivity index (χ0v) is 15.2. The lowest BCUT2D eigenvalue weighted by Gasteiger charge is -2.11. The van der Waals surface area contributed by atoms with Gasteiger partial charge in [-0.2, -0.15) is 0 Å². The third-order valence-electron chi connectivity index (χ3n) is 4.82. The van der Waals surface area contributed by atoms with Crippen molar-refractivity contribution in [3.63, 3.8) is 0 Å². The summed E-state index contributed by atoms with van der Waals surface area (Å²) in [6.07, 6.45) is 3.69. The molecule has 0 amide bonds. The van der Waals surface area contributed by atoms with E-state index in [1.807, 2.05) is 73.1 Å². The predicted octanol–water partition coefficient (Wildman–Crippen LogP) is 6.77. The first-order valence-corrected chi connectivity index (χ1v) is 9.16. The average Bonchev–Trinajstić information content (AvgIpc) is 2.72. The standard InChI is InChI=1S/C24H15ClN2/c25-18-14-16(19-9-11-26-23-7-3-1-5-21(19)23)13-17(15-18)20-10-12-27-24-8-4-2-6-22(20)24/h1-15H. The second kappa shape index (κ2) is 6.49. The van der Waals surface area contributed by atoms with Crippen LogP contribution in [0, 0.1) is 0 Å². The number of hydrogen-bond donors (Lipinski definition) is 0. The molecule has 0 unspecified atom stereocenters. The smallest absolute Gasteiger partial charge is 0.0708 e. The SMILES string of the molecule is Clc1cc(-c2ccnc3ccccc23)cc(-c2ccnc3ccccc23)c1. The Hall–Kier alpha value is -3.23. The summed E-state index contributed by atoms with van der Waals surface area (Å²) in [4.78, 5) is 8.94. The lowest BCUT2D eigenvalue weighted by atomic mass is 9.95. The molecule has 2 heterocycles. The van der Waals surface area contributed by atoms with Crippen LogP contribution in [-0.2, 0) is 0 Å². The number of rotatable bonds is 2. The first-order valence-electron chi connectivity index (χ1n) is 8.78. The molecular formula is C24H15ClN2. The summed E-state index contributed by atoms with van der Waals surface area (Å²) in [5, 5.41) is 2.95. The van der Waals surface area contributed by atoms with Crippen molar-refractivity contribution in [2.24, 2.45) is 0 Å². The monoisotopic (exact) mass is 366 g/mol. The number of benzene rings is 3. The van der Waals surface area contributed by atoms with Gasteiger partial charge in [0, 0.05) is 28.2 Å². The minimum absolute atomic E-state index is 0.712. The first kappa shape index (κ1) is 16.0. The molecule has 128 valence electrons. The van der Waals surface area contributed by atoms with E-state index < -0.39 is 0 Å². The number of para-hydroxylation sites is 2. The van der Waals surface area contributed by atoms with Crippen molar-refractivity contribution in [2.45, 2.75) is 0 Å². The Kier molecular flexibility index (Phi) is 3.84. The van der Waals surface area contributed by atoms with Gasteiger partial charge in [-0.25, -0.2) is 0 Å². The van der Waals surface area contributed by atoms with E-state index in [0.29, 0.717) is 5.02 Å². The molecule has 2 nitrogen and oxygen atoms in total. The highest BCUT2D eigenvalue weighted by Crippen LogP contribution is 2.35. The molecule has 5 aromatic rings. The molecule has 0 bridgehead atoms. The molecule has 0 atom stereocenters. The fourth-order valence-electron chi connectivity index (χ4n) is 3.60. The molecule has 0 N–H and O–H groups in total. The summed E-state index contributed by atoms with van der Waals surface area (Å²) in [6.45, 7) is 0. The van der Waals surface area contributed by atoms with Crippen LogP contribution in [0.25, 0.3) is 44.1 Å². The molecule has 0 aliphatic rings. The maximum Gasteiger partial charge on any atom is 0.0708 e. The van der Waals surface area contributed by atoms with Crippen molar-refractivity contribution in [1.82, 2.24) is 9.97 Å². The molecule has 3 aromatic carbocycles. The molecule has 5 rings (SSSR count). The molecule has 2 aromatic heterocycles. The number of aromatic nitrogens is 2. The maximum atomic E-state index is 6.52. The summed E-state index contributed by atoms with van der Waals surface area (Å²) in [5.41, 5.74) is 6.37. The number of pyridine rings is 2. The maximum absolute atomic E-state index is 6.52. The zero-order valence-electron chi connectivity index (χ0n) is 14.4. The van der Waals surface area contributed by atoms with E-state index >= 15 is 0 Å². The van der Waals surface area contributed by atoms with Crippen LogP contribution >= 0.6 is 11.6 Å². The van der Waals surface area contributed by atoms with E-state index in [2.05, 4.69) is 28.2 Å². The number of nitrogens with zero attached hydrogens (tertiary/aromatic N) is 2. The van der Waals surface area contributed by atoms with Gasteiger partial charge in [-0.3, -0.25) is 9.97 Å². The van der Waals surface area contributed by atoms with Gasteiger partial charge in [0.2, 0.25) is 0 Å². The van der Waals surface area contributed by atoms with Gasteiger partial charge in [-0.05, 0) is 64.7 Å². The molecule has 0 fully saturated rings. The van der Waals surface area contributed by atoms with Crippen LogP contribution in [0.5, 0.6) is 0 Å². The summed E-state index contributed by atoms with van der Waals surface area (Å²) in [7, 11) is 0. The number of fused-ring (bicyclic) bond motifs is 2. The second-order valence-electron chi connectivity index (χ2n) is 6.48. The Labute approximate surface area is 162 Å². The highest BCUT2D eigenvalue weighted by Gasteiger charge is 2.10. The van der Waals surface area contributed by atoms with Gasteiger partial charge in [0.25, 0.3) is 0 Å². The summed E-state index contributed by atoms with van der Waals surface area (Å²) >= 11 is 6.52. The normalized spacial score (nSPS) is 11.1. The van der Waals surface area contributed by atoms with E-state index in [0.717, 1.165) is 44.1 Å². The van der Waals surface area contributed by atoms with Crippen molar-refractivity contribution in [3.8, 4) is 22.3 Å². The lowest BCUT2D eigenvalue weighted by Crippen LogP contribution is -1.88. The molecule has 0 aliphatic carbocycles. The minimum Gasteiger partial charge on any atom is -0.256 e. The number of halogens is 1. The third-order valence-corrected chi connectivity index (χ3v) is 5.04. The average molecular weight is 367 g/mol. The van der Waals surface area contributed by atoms with Gasteiger partial charge in [0.1, 0.15) is 0 Å². The predicted molar refractivity (Wildman–Crippen MR) is 113 cm³/mol. The van der Waals surface area contributed by atoms with Crippen molar-refractivity contribution in [2.75, 3.05) is 0 Å². The van der Waals surface area contributed by atoms with E-state index in [1.165, 1.54) is 0 Å². The van der Waals surface area contributed by atoms with Crippen molar-refractivity contribution in [3.05, 3.63) is 96.3 Å². The van der Waals surface area contributed by atoms with Crippen LogP contribution in [0.4, 0.5) is 0 Å². The Bertz CT molecular complexity index is 1190. The quantitative estimate of drug-likeness (QED) is 0.344. The van der Waals surface area contributed by atoms with Crippen LogP contribution in [0.3, 0.4) is 0 Å². The third kappa shape index (κ3) is 2.84. The van der Waals surface area contributed by atoms with Gasteiger partial charge < -0.3 is 0 Å². The minimum atomic E-state index is 0.712. The molecule has 0 spiro atoms. The van der Waals surface area contributed by atoms with E-state index in [4.69, 9.17) is 11.6 Å². The molecule has 0 radical (unpaired) electrons. The topological polar surface area (TPSA) is 25.8 Å². The first-order chi connectivity index (χ1) is 13.3. The molecule has 0 saturated heterocycles. The van der Waals surface area contributed by atoms with Gasteiger partial charge in [-0.15, -0.1) is 0 Å². The van der Waals surface area contributed by atoms with Crippen molar-refractivity contribution in [1.29, 1.82) is 0 Å². The lowest BCUT2D eigenvalue weighted by molar-refractivity contribution is 1.41. The van der Waals surface area contributed by atoms with Gasteiger partial charge >= 0.3 is 0 Å². The van der Waals surface area contributed by atoms with E-state index in [9.17, 15) is 0 Å². The van der Waals surface area contributed by atoms with Crippen LogP contribution in [-0.4, -0.2) is 9.97 Å². The van der Waals surface area contributed by atoms with Crippen molar-refractivity contribution >= 4 is 33.4 Å². The summed E-state index contributed by atoms with van der Waals surface area (Å²) in [6, 6.07) is 26.6. The fourth-order valence-corrected chi connectivity index (χ4v) is 3.83. The number of hydrogen-bond acceptors (Lipinski definition) is 2. The summed E-state index contributed by atoms with van der Waals surface area (Å²) in [5.74, 6) is 0. The van der Waals surface area contributed by atoms with Crippen LogP contribution in [0.15, 0.2) is 91.3 Å². The van der Waals surface area contributed by atoms with Crippen LogP contribution in [0.1, 0.15) is 0 Å². The molecular weight excluding hydrogens is 352 g/mol. The Morgan fingerprint density at radius 1 is 0.556 bits per heavy atom. The van der Waals surface area contributed by atoms with E-state index in [-0.39, 0.29) is 0 Å². The second-order valence-corrected chi connectivity index (χ2v) is 6.92. The van der Waals surface area contributed by atoms with Crippen LogP contribution < -0.4 is 0 Å². The molecule has 3 heteroatoms. The molecule has 27 heavy (non-hydrogen) atoms. The fraction of sp³-hybridized carbons (Fsp3) is 0. The molecule has 0 aliphatic heterocycles. The van der Waals surface area contributed by atoms with Crippen LogP contribution in [0.2, 0.25) is 5.02 Å². The largest absolute Gasteiger partial charge is 0.256 e. The highest BCUT2D eigenvalue weighted by atomic mass is 35.5. The molecule has 0 saturated carbocycles. The highest BCUT2D eigenvalue weighted by molar-refractivity contribution is 6.31. The summed E-state index contributed by atoms with van der Waals surface area (Å²) < 4.78 is 0. The Balaban J connectivity index is 1.76. The van der Waals surface area contributed by atoms with Crippen molar-refractivity contribution < 1.29 is 0 Å². The van der Waals surface area contributed by atoms with E-state index in [1.54, 1.807) is 0 Å².